The van der Waals surface area contributed by atoms with Crippen LogP contribution in [0.2, 0.25) is 0 Å². The first-order chi connectivity index (χ1) is 13.7. The van der Waals surface area contributed by atoms with Gasteiger partial charge < -0.3 is 9.88 Å². The van der Waals surface area contributed by atoms with Crippen LogP contribution in [0, 0.1) is 0 Å². The maximum atomic E-state index is 12.7. The van der Waals surface area contributed by atoms with Crippen molar-refractivity contribution in [2.75, 3.05) is 0 Å². The molecule has 0 bridgehead atoms. The second kappa shape index (κ2) is 6.83. The summed E-state index contributed by atoms with van der Waals surface area (Å²) in [6.45, 7) is 0.769. The average Bonchev–Trinajstić information content (AvgIpc) is 3.40. The molecule has 3 aromatic heterocycles. The number of fused-ring (bicyclic) bond motifs is 2. The Morgan fingerprint density at radius 3 is 3.07 bits per heavy atom. The topological polar surface area (TPSA) is 90.5 Å². The predicted molar refractivity (Wildman–Crippen MR) is 106 cm³/mol. The summed E-state index contributed by atoms with van der Waals surface area (Å²) in [5, 5.41) is 16.1. The largest absolute Gasteiger partial charge is 0.349 e. The van der Waals surface area contributed by atoms with E-state index in [1.807, 2.05) is 31.4 Å². The number of aromatic nitrogens is 6. The third kappa shape index (κ3) is 3.07. The summed E-state index contributed by atoms with van der Waals surface area (Å²) in [4.78, 5) is 17.0. The van der Waals surface area contributed by atoms with Gasteiger partial charge in [-0.1, -0.05) is 0 Å². The highest BCUT2D eigenvalue weighted by atomic mass is 32.1. The SMILES string of the molecule is Cn1cc(-c2nnc3n2CCC(NC(=O)c2ccc4ncsc4c2)CC3)cn1. The van der Waals surface area contributed by atoms with Gasteiger partial charge in [0, 0.05) is 37.8 Å². The second-order valence-corrected chi connectivity index (χ2v) is 7.91. The van der Waals surface area contributed by atoms with Gasteiger partial charge >= 0.3 is 0 Å². The van der Waals surface area contributed by atoms with E-state index in [0.29, 0.717) is 5.56 Å². The van der Waals surface area contributed by atoms with E-state index >= 15 is 0 Å². The molecule has 0 aliphatic carbocycles. The molecular weight excluding hydrogens is 374 g/mol. The van der Waals surface area contributed by atoms with Crippen LogP contribution in [0.1, 0.15) is 29.0 Å². The molecule has 1 aromatic carbocycles. The molecule has 28 heavy (non-hydrogen) atoms. The number of nitrogens with one attached hydrogen (secondary N) is 1. The number of carbonyl (C=O) groups is 1. The molecular formula is C19H19N7OS. The molecule has 1 aliphatic rings. The van der Waals surface area contributed by atoms with Crippen molar-refractivity contribution in [2.24, 2.45) is 7.05 Å². The van der Waals surface area contributed by atoms with E-state index in [4.69, 9.17) is 0 Å². The van der Waals surface area contributed by atoms with Gasteiger partial charge in [0.25, 0.3) is 5.91 Å². The molecule has 0 saturated carbocycles. The fraction of sp³-hybridized carbons (Fsp3) is 0.316. The number of benzene rings is 1. The molecule has 5 rings (SSSR count). The number of hydrogen-bond acceptors (Lipinski definition) is 6. The van der Waals surface area contributed by atoms with Gasteiger partial charge in [0.2, 0.25) is 0 Å². The minimum absolute atomic E-state index is 0.0366. The summed E-state index contributed by atoms with van der Waals surface area (Å²) >= 11 is 1.55. The highest BCUT2D eigenvalue weighted by Gasteiger charge is 2.23. The third-order valence-electron chi connectivity index (χ3n) is 5.14. The second-order valence-electron chi connectivity index (χ2n) is 7.03. The van der Waals surface area contributed by atoms with Crippen molar-refractivity contribution in [1.29, 1.82) is 0 Å². The number of rotatable bonds is 3. The molecule has 1 amide bonds. The van der Waals surface area contributed by atoms with Gasteiger partial charge in [0.05, 0.1) is 27.5 Å². The maximum Gasteiger partial charge on any atom is 0.251 e. The highest BCUT2D eigenvalue weighted by Crippen LogP contribution is 2.23. The van der Waals surface area contributed by atoms with Gasteiger partial charge in [-0.2, -0.15) is 5.10 Å². The Labute approximate surface area is 165 Å². The van der Waals surface area contributed by atoms with E-state index in [1.54, 1.807) is 27.7 Å². The lowest BCUT2D eigenvalue weighted by atomic mass is 10.1. The number of carbonyl (C=O) groups excluding carboxylic acids is 1. The molecule has 0 saturated heterocycles. The van der Waals surface area contributed by atoms with Crippen LogP contribution in [0.4, 0.5) is 0 Å². The van der Waals surface area contributed by atoms with Crippen LogP contribution < -0.4 is 5.32 Å². The summed E-state index contributed by atoms with van der Waals surface area (Å²) in [7, 11) is 1.89. The molecule has 1 atom stereocenters. The number of hydrogen-bond donors (Lipinski definition) is 1. The first-order valence-corrected chi connectivity index (χ1v) is 10.1. The molecule has 0 fully saturated rings. The van der Waals surface area contributed by atoms with Gasteiger partial charge in [-0.3, -0.25) is 9.48 Å². The van der Waals surface area contributed by atoms with E-state index in [2.05, 4.69) is 30.2 Å². The summed E-state index contributed by atoms with van der Waals surface area (Å²) in [6.07, 6.45) is 6.21. The Hall–Kier alpha value is -3.07. The Morgan fingerprint density at radius 2 is 2.21 bits per heavy atom. The van der Waals surface area contributed by atoms with Crippen LogP contribution in [0.25, 0.3) is 21.6 Å². The van der Waals surface area contributed by atoms with E-state index in [9.17, 15) is 4.79 Å². The molecule has 0 spiro atoms. The zero-order chi connectivity index (χ0) is 19.1. The Bertz CT molecular complexity index is 1160. The Morgan fingerprint density at radius 1 is 1.29 bits per heavy atom. The van der Waals surface area contributed by atoms with Gasteiger partial charge in [0.1, 0.15) is 5.82 Å². The normalized spacial score (nSPS) is 16.7. The number of aryl methyl sites for hydroxylation is 2. The first kappa shape index (κ1) is 17.1. The average molecular weight is 393 g/mol. The van der Waals surface area contributed by atoms with Gasteiger partial charge in [-0.15, -0.1) is 21.5 Å². The fourth-order valence-electron chi connectivity index (χ4n) is 3.65. The molecule has 142 valence electrons. The predicted octanol–water partition coefficient (Wildman–Crippen LogP) is 2.42. The number of amides is 1. The smallest absolute Gasteiger partial charge is 0.251 e. The third-order valence-corrected chi connectivity index (χ3v) is 5.93. The van der Waals surface area contributed by atoms with Crippen LogP contribution in [0.15, 0.2) is 36.1 Å². The molecule has 8 nitrogen and oxygen atoms in total. The Balaban J connectivity index is 1.30. The molecule has 4 heterocycles. The van der Waals surface area contributed by atoms with Crippen molar-refractivity contribution in [2.45, 2.75) is 31.8 Å². The Kier molecular flexibility index (Phi) is 4.16. The molecule has 1 N–H and O–H groups in total. The van der Waals surface area contributed by atoms with Gasteiger partial charge in [-0.25, -0.2) is 4.98 Å². The van der Waals surface area contributed by atoms with E-state index in [0.717, 1.165) is 53.2 Å². The lowest BCUT2D eigenvalue weighted by Crippen LogP contribution is -2.35. The van der Waals surface area contributed by atoms with Crippen LogP contribution in [0.5, 0.6) is 0 Å². The summed E-state index contributed by atoms with van der Waals surface area (Å²) < 4.78 is 4.93. The summed E-state index contributed by atoms with van der Waals surface area (Å²) in [6, 6.07) is 5.75. The monoisotopic (exact) mass is 393 g/mol. The van der Waals surface area contributed by atoms with Crippen molar-refractivity contribution in [3.05, 3.63) is 47.5 Å². The van der Waals surface area contributed by atoms with Crippen LogP contribution in [-0.4, -0.2) is 41.5 Å². The van der Waals surface area contributed by atoms with Crippen molar-refractivity contribution in [1.82, 2.24) is 34.8 Å². The zero-order valence-electron chi connectivity index (χ0n) is 15.4. The standard InChI is InChI=1S/C19H19N7OS/c1-25-10-13(9-21-25)18-24-23-17-5-3-14(6-7-26(17)18)22-19(27)12-2-4-15-16(8-12)28-11-20-15/h2,4,8-11,14H,3,5-7H2,1H3,(H,22,27). The number of nitrogens with zero attached hydrogens (tertiary/aromatic N) is 6. The molecule has 0 radical (unpaired) electrons. The first-order valence-electron chi connectivity index (χ1n) is 9.22. The lowest BCUT2D eigenvalue weighted by Gasteiger charge is -2.16. The summed E-state index contributed by atoms with van der Waals surface area (Å²) in [5.74, 6) is 1.76. The van der Waals surface area contributed by atoms with Crippen LogP contribution >= 0.6 is 11.3 Å². The fourth-order valence-corrected chi connectivity index (χ4v) is 4.36. The van der Waals surface area contributed by atoms with Gasteiger partial charge in [-0.05, 0) is 31.0 Å². The lowest BCUT2D eigenvalue weighted by molar-refractivity contribution is 0.0933. The van der Waals surface area contributed by atoms with Crippen molar-refractivity contribution in [3.63, 3.8) is 0 Å². The van der Waals surface area contributed by atoms with Crippen LogP contribution in [0.3, 0.4) is 0 Å². The molecule has 1 aliphatic heterocycles. The maximum absolute atomic E-state index is 12.7. The van der Waals surface area contributed by atoms with E-state index in [-0.39, 0.29) is 11.9 Å². The highest BCUT2D eigenvalue weighted by molar-refractivity contribution is 7.16. The summed E-state index contributed by atoms with van der Waals surface area (Å²) in [5.41, 5.74) is 4.36. The van der Waals surface area contributed by atoms with Crippen molar-refractivity contribution in [3.8, 4) is 11.4 Å². The molecule has 1 unspecified atom stereocenters. The van der Waals surface area contributed by atoms with E-state index < -0.39 is 0 Å². The van der Waals surface area contributed by atoms with Gasteiger partial charge in [0.15, 0.2) is 5.82 Å². The molecule has 4 aromatic rings. The van der Waals surface area contributed by atoms with Crippen molar-refractivity contribution < 1.29 is 4.79 Å². The zero-order valence-corrected chi connectivity index (χ0v) is 16.2. The van der Waals surface area contributed by atoms with Crippen LogP contribution in [-0.2, 0) is 20.0 Å². The minimum Gasteiger partial charge on any atom is -0.349 e. The number of thiazole rings is 1. The minimum atomic E-state index is -0.0366. The quantitative estimate of drug-likeness (QED) is 0.577. The van der Waals surface area contributed by atoms with E-state index in [1.165, 1.54) is 0 Å². The van der Waals surface area contributed by atoms with Crippen molar-refractivity contribution >= 4 is 27.5 Å². The molecule has 9 heteroatoms.